The zero-order chi connectivity index (χ0) is 11.5. The molecule has 0 unspecified atom stereocenters. The van der Waals surface area contributed by atoms with E-state index in [9.17, 15) is 0 Å². The molecule has 0 spiro atoms. The van der Waals surface area contributed by atoms with Gasteiger partial charge in [0.15, 0.2) is 0 Å². The van der Waals surface area contributed by atoms with Gasteiger partial charge in [0.2, 0.25) is 0 Å². The van der Waals surface area contributed by atoms with Crippen molar-refractivity contribution in [2.45, 2.75) is 5.88 Å². The Balaban J connectivity index is 2.45. The van der Waals surface area contributed by atoms with Crippen molar-refractivity contribution < 1.29 is 0 Å². The Morgan fingerprint density at radius 1 is 1.06 bits per heavy atom. The fraction of sp³-hybridized carbons (Fsp3) is 0.0909. The number of halogens is 3. The van der Waals surface area contributed by atoms with Crippen LogP contribution in [0.15, 0.2) is 30.6 Å². The van der Waals surface area contributed by atoms with Crippen molar-refractivity contribution in [3.05, 3.63) is 46.5 Å². The molecule has 1 heterocycles. The Morgan fingerprint density at radius 2 is 1.75 bits per heavy atom. The van der Waals surface area contributed by atoms with Crippen LogP contribution in [-0.2, 0) is 5.88 Å². The van der Waals surface area contributed by atoms with Crippen LogP contribution in [0, 0.1) is 0 Å². The Kier molecular flexibility index (Phi) is 3.64. The lowest BCUT2D eigenvalue weighted by Crippen LogP contribution is -1.91. The Morgan fingerprint density at radius 3 is 2.38 bits per heavy atom. The molecule has 0 saturated heterocycles. The molecule has 0 aliphatic heterocycles. The van der Waals surface area contributed by atoms with Gasteiger partial charge in [0.05, 0.1) is 5.88 Å². The second-order valence-electron chi connectivity index (χ2n) is 3.15. The zero-order valence-corrected chi connectivity index (χ0v) is 10.4. The van der Waals surface area contributed by atoms with Crippen molar-refractivity contribution in [2.24, 2.45) is 0 Å². The molecule has 0 saturated carbocycles. The van der Waals surface area contributed by atoms with Crippen LogP contribution in [0.25, 0.3) is 11.1 Å². The van der Waals surface area contributed by atoms with Crippen molar-refractivity contribution in [1.82, 2.24) is 9.97 Å². The molecule has 2 nitrogen and oxygen atoms in total. The molecule has 16 heavy (non-hydrogen) atoms. The van der Waals surface area contributed by atoms with Crippen molar-refractivity contribution in [3.8, 4) is 11.1 Å². The summed E-state index contributed by atoms with van der Waals surface area (Å²) in [6.45, 7) is 0. The number of nitrogens with zero attached hydrogens (tertiary/aromatic N) is 2. The number of benzene rings is 1. The predicted molar refractivity (Wildman–Crippen MR) is 67.0 cm³/mol. The summed E-state index contributed by atoms with van der Waals surface area (Å²) in [6.07, 6.45) is 3.37. The summed E-state index contributed by atoms with van der Waals surface area (Å²) < 4.78 is 0. The van der Waals surface area contributed by atoms with E-state index in [1.54, 1.807) is 30.6 Å². The molecule has 0 radical (unpaired) electrons. The lowest BCUT2D eigenvalue weighted by molar-refractivity contribution is 1.03. The van der Waals surface area contributed by atoms with Gasteiger partial charge < -0.3 is 0 Å². The van der Waals surface area contributed by atoms with Crippen LogP contribution in [0.3, 0.4) is 0 Å². The molecular weight excluding hydrogens is 266 g/mol. The maximum absolute atomic E-state index is 6.06. The average Bonchev–Trinajstić information content (AvgIpc) is 2.32. The van der Waals surface area contributed by atoms with Crippen LogP contribution in [0.4, 0.5) is 0 Å². The van der Waals surface area contributed by atoms with Crippen molar-refractivity contribution in [1.29, 1.82) is 0 Å². The third kappa shape index (κ3) is 2.46. The molecule has 0 bridgehead atoms. The Bertz CT molecular complexity index is 497. The van der Waals surface area contributed by atoms with E-state index in [0.29, 0.717) is 21.7 Å². The van der Waals surface area contributed by atoms with Gasteiger partial charge in [-0.3, -0.25) is 0 Å². The fourth-order valence-electron chi connectivity index (χ4n) is 1.28. The maximum atomic E-state index is 6.06. The van der Waals surface area contributed by atoms with Gasteiger partial charge in [0.1, 0.15) is 5.82 Å². The highest BCUT2D eigenvalue weighted by atomic mass is 35.5. The molecule has 0 atom stereocenters. The molecule has 2 rings (SSSR count). The van der Waals surface area contributed by atoms with E-state index in [-0.39, 0.29) is 0 Å². The van der Waals surface area contributed by atoms with E-state index < -0.39 is 0 Å². The van der Waals surface area contributed by atoms with Gasteiger partial charge in [-0.05, 0) is 18.2 Å². The molecule has 5 heteroatoms. The van der Waals surface area contributed by atoms with Gasteiger partial charge in [-0.1, -0.05) is 23.2 Å². The molecule has 2 aromatic rings. The number of hydrogen-bond donors (Lipinski definition) is 0. The number of hydrogen-bond acceptors (Lipinski definition) is 2. The summed E-state index contributed by atoms with van der Waals surface area (Å²) in [5.74, 6) is 0.882. The van der Waals surface area contributed by atoms with Crippen molar-refractivity contribution >= 4 is 34.8 Å². The van der Waals surface area contributed by atoms with Gasteiger partial charge in [-0.15, -0.1) is 11.6 Å². The molecule has 0 N–H and O–H groups in total. The molecule has 0 amide bonds. The SMILES string of the molecule is ClCc1ncc(-c2cc(Cl)ccc2Cl)cn1. The van der Waals surface area contributed by atoms with Crippen molar-refractivity contribution in [2.75, 3.05) is 0 Å². The molecule has 0 aliphatic carbocycles. The van der Waals surface area contributed by atoms with Crippen molar-refractivity contribution in [3.63, 3.8) is 0 Å². The smallest absolute Gasteiger partial charge is 0.142 e. The minimum absolute atomic E-state index is 0.295. The normalized spacial score (nSPS) is 10.4. The summed E-state index contributed by atoms with van der Waals surface area (Å²) in [5.41, 5.74) is 1.64. The summed E-state index contributed by atoms with van der Waals surface area (Å²) in [7, 11) is 0. The summed E-state index contributed by atoms with van der Waals surface area (Å²) in [6, 6.07) is 5.26. The van der Waals surface area contributed by atoms with E-state index in [1.807, 2.05) is 0 Å². The van der Waals surface area contributed by atoms with Gasteiger partial charge >= 0.3 is 0 Å². The van der Waals surface area contributed by atoms with E-state index in [0.717, 1.165) is 11.1 Å². The molecule has 0 aliphatic rings. The zero-order valence-electron chi connectivity index (χ0n) is 8.12. The van der Waals surface area contributed by atoms with Crippen LogP contribution in [0.2, 0.25) is 10.0 Å². The van der Waals surface area contributed by atoms with Crippen LogP contribution in [0.1, 0.15) is 5.82 Å². The highest BCUT2D eigenvalue weighted by molar-refractivity contribution is 6.35. The largest absolute Gasteiger partial charge is 0.239 e. The fourth-order valence-corrected chi connectivity index (χ4v) is 1.82. The highest BCUT2D eigenvalue weighted by Crippen LogP contribution is 2.29. The van der Waals surface area contributed by atoms with E-state index in [2.05, 4.69) is 9.97 Å². The first-order chi connectivity index (χ1) is 7.70. The molecular formula is C11H7Cl3N2. The second kappa shape index (κ2) is 5.00. The first kappa shape index (κ1) is 11.6. The monoisotopic (exact) mass is 272 g/mol. The average molecular weight is 274 g/mol. The topological polar surface area (TPSA) is 25.8 Å². The molecule has 1 aromatic carbocycles. The number of rotatable bonds is 2. The maximum Gasteiger partial charge on any atom is 0.142 e. The molecule has 1 aromatic heterocycles. The van der Waals surface area contributed by atoms with Gasteiger partial charge in [0, 0.05) is 33.6 Å². The van der Waals surface area contributed by atoms with E-state index >= 15 is 0 Å². The van der Waals surface area contributed by atoms with Crippen LogP contribution in [0.5, 0.6) is 0 Å². The van der Waals surface area contributed by atoms with Gasteiger partial charge in [0.25, 0.3) is 0 Å². The van der Waals surface area contributed by atoms with E-state index in [4.69, 9.17) is 34.8 Å². The predicted octanol–water partition coefficient (Wildman–Crippen LogP) is 4.19. The lowest BCUT2D eigenvalue weighted by Gasteiger charge is -2.04. The molecule has 82 valence electrons. The number of alkyl halides is 1. The molecule has 0 fully saturated rings. The summed E-state index contributed by atoms with van der Waals surface area (Å²) in [4.78, 5) is 8.20. The minimum atomic E-state index is 0.295. The van der Waals surface area contributed by atoms with Crippen LogP contribution in [-0.4, -0.2) is 9.97 Å². The number of aromatic nitrogens is 2. The highest BCUT2D eigenvalue weighted by Gasteiger charge is 2.05. The van der Waals surface area contributed by atoms with Gasteiger partial charge in [-0.25, -0.2) is 9.97 Å². The van der Waals surface area contributed by atoms with E-state index in [1.165, 1.54) is 0 Å². The Labute approximate surface area is 108 Å². The summed E-state index contributed by atoms with van der Waals surface area (Å²) >= 11 is 17.6. The quantitative estimate of drug-likeness (QED) is 0.767. The minimum Gasteiger partial charge on any atom is -0.239 e. The lowest BCUT2D eigenvalue weighted by atomic mass is 10.1. The van der Waals surface area contributed by atoms with Gasteiger partial charge in [-0.2, -0.15) is 0 Å². The first-order valence-electron chi connectivity index (χ1n) is 4.53. The second-order valence-corrected chi connectivity index (χ2v) is 4.26. The standard InChI is InChI=1S/C11H7Cl3N2/c12-4-11-15-5-7(6-16-11)9-3-8(13)1-2-10(9)14/h1-3,5-6H,4H2. The third-order valence-electron chi connectivity index (χ3n) is 2.06. The third-order valence-corrected chi connectivity index (χ3v) is 2.87. The van der Waals surface area contributed by atoms with Crippen LogP contribution < -0.4 is 0 Å². The summed E-state index contributed by atoms with van der Waals surface area (Å²) in [5, 5.41) is 1.24. The Hall–Kier alpha value is -0.830. The first-order valence-corrected chi connectivity index (χ1v) is 5.82. The van der Waals surface area contributed by atoms with Crippen LogP contribution >= 0.6 is 34.8 Å².